The van der Waals surface area contributed by atoms with Crippen molar-refractivity contribution in [3.8, 4) is 17.2 Å². The summed E-state index contributed by atoms with van der Waals surface area (Å²) in [6.07, 6.45) is 2.96. The molecule has 3 rings (SSSR count). The normalized spacial score (nSPS) is 10.9. The number of carbonyl (C=O) groups excluding carboxylic acids is 1. The molecular weight excluding hydrogens is 436 g/mol. The summed E-state index contributed by atoms with van der Waals surface area (Å²) in [4.78, 5) is 22.8. The van der Waals surface area contributed by atoms with E-state index in [4.69, 9.17) is 9.47 Å². The van der Waals surface area contributed by atoms with Crippen molar-refractivity contribution in [1.29, 1.82) is 0 Å². The first-order valence-electron chi connectivity index (χ1n) is 9.67. The lowest BCUT2D eigenvalue weighted by molar-refractivity contribution is -0.384. The van der Waals surface area contributed by atoms with Crippen LogP contribution in [0.25, 0.3) is 6.08 Å². The fourth-order valence-corrected chi connectivity index (χ4v) is 2.93. The Morgan fingerprint density at radius 2 is 1.82 bits per heavy atom. The van der Waals surface area contributed by atoms with Gasteiger partial charge >= 0.3 is 6.61 Å². The number of halogens is 2. The number of nitro groups is 1. The average Bonchev–Trinajstić information content (AvgIpc) is 2.81. The van der Waals surface area contributed by atoms with E-state index in [2.05, 4.69) is 4.74 Å². The third kappa shape index (κ3) is 6.60. The molecule has 0 saturated heterocycles. The number of non-ortho nitro benzene ring substituents is 1. The summed E-state index contributed by atoms with van der Waals surface area (Å²) in [5.74, 6) is 0.540. The highest BCUT2D eigenvalue weighted by Crippen LogP contribution is 2.25. The van der Waals surface area contributed by atoms with Gasteiger partial charge in [-0.1, -0.05) is 18.2 Å². The van der Waals surface area contributed by atoms with Gasteiger partial charge in [0.2, 0.25) is 0 Å². The molecule has 0 saturated carbocycles. The molecule has 3 aromatic rings. The molecule has 0 heterocycles. The summed E-state index contributed by atoms with van der Waals surface area (Å²) in [6, 6.07) is 16.5. The second kappa shape index (κ2) is 10.9. The van der Waals surface area contributed by atoms with Gasteiger partial charge in [-0.25, -0.2) is 0 Å². The van der Waals surface area contributed by atoms with E-state index in [-0.39, 0.29) is 23.8 Å². The lowest BCUT2D eigenvalue weighted by atomic mass is 10.1. The van der Waals surface area contributed by atoms with Crippen molar-refractivity contribution < 1.29 is 32.7 Å². The molecule has 0 unspecified atom stereocenters. The van der Waals surface area contributed by atoms with Crippen molar-refractivity contribution in [3.05, 3.63) is 99.6 Å². The Balaban J connectivity index is 1.70. The Kier molecular flexibility index (Phi) is 7.69. The lowest BCUT2D eigenvalue weighted by Crippen LogP contribution is -2.02. The number of methoxy groups -OCH3 is 1. The van der Waals surface area contributed by atoms with Crippen molar-refractivity contribution in [2.45, 2.75) is 13.2 Å². The Bertz CT molecular complexity index is 1160. The summed E-state index contributed by atoms with van der Waals surface area (Å²) in [5.41, 5.74) is 1.60. The number of ether oxygens (including phenoxy) is 3. The van der Waals surface area contributed by atoms with Crippen molar-refractivity contribution in [2.75, 3.05) is 7.11 Å². The predicted molar refractivity (Wildman–Crippen MR) is 117 cm³/mol. The molecule has 0 N–H and O–H groups in total. The number of benzene rings is 3. The van der Waals surface area contributed by atoms with Gasteiger partial charge in [0.05, 0.1) is 18.1 Å². The lowest BCUT2D eigenvalue weighted by Gasteiger charge is -2.11. The topological polar surface area (TPSA) is 87.9 Å². The summed E-state index contributed by atoms with van der Waals surface area (Å²) in [7, 11) is 1.51. The Labute approximate surface area is 188 Å². The molecule has 33 heavy (non-hydrogen) atoms. The van der Waals surface area contributed by atoms with Crippen LogP contribution in [0.2, 0.25) is 0 Å². The minimum absolute atomic E-state index is 0.0333. The first kappa shape index (κ1) is 23.4. The summed E-state index contributed by atoms with van der Waals surface area (Å²) in [5, 5.41) is 10.9. The number of nitrogens with zero attached hydrogens (tertiary/aromatic N) is 1. The zero-order valence-electron chi connectivity index (χ0n) is 17.4. The van der Waals surface area contributed by atoms with Crippen LogP contribution in [0, 0.1) is 10.1 Å². The highest BCUT2D eigenvalue weighted by Gasteiger charge is 2.10. The molecule has 0 bridgehead atoms. The van der Waals surface area contributed by atoms with E-state index < -0.39 is 11.5 Å². The van der Waals surface area contributed by atoms with Crippen LogP contribution in [-0.4, -0.2) is 24.4 Å². The van der Waals surface area contributed by atoms with E-state index in [1.807, 2.05) is 0 Å². The monoisotopic (exact) mass is 455 g/mol. The zero-order chi connectivity index (χ0) is 23.8. The maximum atomic E-state index is 12.4. The number of rotatable bonds is 10. The fourth-order valence-electron chi connectivity index (χ4n) is 2.93. The Morgan fingerprint density at radius 3 is 2.48 bits per heavy atom. The molecule has 170 valence electrons. The van der Waals surface area contributed by atoms with Gasteiger partial charge in [-0.15, -0.1) is 0 Å². The van der Waals surface area contributed by atoms with Gasteiger partial charge in [-0.3, -0.25) is 14.9 Å². The van der Waals surface area contributed by atoms with Gasteiger partial charge in [0.15, 0.2) is 5.78 Å². The number of nitro benzene ring substituents is 1. The molecule has 0 aliphatic carbocycles. The Morgan fingerprint density at radius 1 is 1.06 bits per heavy atom. The Hall–Kier alpha value is -4.27. The highest BCUT2D eigenvalue weighted by atomic mass is 19.3. The van der Waals surface area contributed by atoms with Crippen molar-refractivity contribution in [1.82, 2.24) is 0 Å². The van der Waals surface area contributed by atoms with Gasteiger partial charge < -0.3 is 14.2 Å². The second-order valence-electron chi connectivity index (χ2n) is 6.71. The average molecular weight is 455 g/mol. The molecule has 9 heteroatoms. The van der Waals surface area contributed by atoms with Gasteiger partial charge in [0.1, 0.15) is 23.9 Å². The van der Waals surface area contributed by atoms with E-state index >= 15 is 0 Å². The summed E-state index contributed by atoms with van der Waals surface area (Å²) < 4.78 is 39.7. The minimum Gasteiger partial charge on any atom is -0.496 e. The third-order valence-corrected chi connectivity index (χ3v) is 4.52. The zero-order valence-corrected chi connectivity index (χ0v) is 17.4. The molecule has 0 spiro atoms. The van der Waals surface area contributed by atoms with Crippen molar-refractivity contribution in [2.24, 2.45) is 0 Å². The molecule has 0 amide bonds. The number of alkyl halides is 2. The van der Waals surface area contributed by atoms with Crippen molar-refractivity contribution in [3.63, 3.8) is 0 Å². The van der Waals surface area contributed by atoms with E-state index in [9.17, 15) is 23.7 Å². The molecule has 7 nitrogen and oxygen atoms in total. The largest absolute Gasteiger partial charge is 0.496 e. The number of carbonyl (C=O) groups is 1. The van der Waals surface area contributed by atoms with Crippen LogP contribution in [0.5, 0.6) is 17.2 Å². The molecule has 3 aromatic carbocycles. The molecule has 0 fully saturated rings. The minimum atomic E-state index is -2.93. The highest BCUT2D eigenvalue weighted by molar-refractivity contribution is 6.06. The van der Waals surface area contributed by atoms with Crippen LogP contribution in [-0.2, 0) is 6.61 Å². The van der Waals surface area contributed by atoms with Gasteiger partial charge in [-0.2, -0.15) is 8.78 Å². The van der Waals surface area contributed by atoms with Crippen LogP contribution in [0.3, 0.4) is 0 Å². The first-order chi connectivity index (χ1) is 15.9. The third-order valence-electron chi connectivity index (χ3n) is 4.52. The number of hydrogen-bond acceptors (Lipinski definition) is 6. The van der Waals surface area contributed by atoms with E-state index in [1.54, 1.807) is 30.3 Å². The summed E-state index contributed by atoms with van der Waals surface area (Å²) >= 11 is 0. The van der Waals surface area contributed by atoms with E-state index in [0.717, 1.165) is 0 Å². The maximum Gasteiger partial charge on any atom is 0.387 e. The smallest absolute Gasteiger partial charge is 0.387 e. The molecule has 0 aliphatic heterocycles. The fraction of sp³-hybridized carbons (Fsp3) is 0.125. The standard InChI is InChI=1S/C24H19F2NO6/c1-31-23-12-6-16(5-11-22(28)17-7-9-20(10-8-17)33-24(25)26)13-18(23)15-32-21-4-2-3-19(14-21)27(29)30/h2-14,24H,15H2,1H3/b11-5+. The molecule has 0 radical (unpaired) electrons. The summed E-state index contributed by atoms with van der Waals surface area (Å²) in [6.45, 7) is -2.84. The van der Waals surface area contributed by atoms with Gasteiger partial charge in [-0.05, 0) is 54.1 Å². The predicted octanol–water partition coefficient (Wildman–Crippen LogP) is 5.68. The van der Waals surface area contributed by atoms with E-state index in [0.29, 0.717) is 28.2 Å². The van der Waals surface area contributed by atoms with Crippen LogP contribution in [0.4, 0.5) is 14.5 Å². The number of allylic oxidation sites excluding steroid dienone is 1. The number of ketones is 1. The van der Waals surface area contributed by atoms with Crippen LogP contribution < -0.4 is 14.2 Å². The molecule has 0 aromatic heterocycles. The van der Waals surface area contributed by atoms with Crippen molar-refractivity contribution >= 4 is 17.5 Å². The quantitative estimate of drug-likeness (QED) is 0.169. The molecule has 0 atom stereocenters. The second-order valence-corrected chi connectivity index (χ2v) is 6.71. The molecular formula is C24H19F2NO6. The number of hydrogen-bond donors (Lipinski definition) is 0. The van der Waals surface area contributed by atoms with Gasteiger partial charge in [0, 0.05) is 17.2 Å². The maximum absolute atomic E-state index is 12.4. The van der Waals surface area contributed by atoms with Gasteiger partial charge in [0.25, 0.3) is 5.69 Å². The van der Waals surface area contributed by atoms with Crippen LogP contribution in [0.1, 0.15) is 21.5 Å². The SMILES string of the molecule is COc1ccc(/C=C/C(=O)c2ccc(OC(F)F)cc2)cc1COc1cccc([N+](=O)[O-])c1. The van der Waals surface area contributed by atoms with E-state index in [1.165, 1.54) is 55.7 Å². The molecule has 0 aliphatic rings. The first-order valence-corrected chi connectivity index (χ1v) is 9.67. The van der Waals surface area contributed by atoms with Crippen LogP contribution >= 0.6 is 0 Å². The van der Waals surface area contributed by atoms with Crippen LogP contribution in [0.15, 0.2) is 72.8 Å².